The van der Waals surface area contributed by atoms with E-state index in [4.69, 9.17) is 9.84 Å². The summed E-state index contributed by atoms with van der Waals surface area (Å²) >= 11 is 0. The Morgan fingerprint density at radius 1 is 1.55 bits per heavy atom. The third-order valence-electron chi connectivity index (χ3n) is 2.81. The zero-order valence-electron chi connectivity index (χ0n) is 11.5. The Balaban J connectivity index is 2.83. The second-order valence-electron chi connectivity index (χ2n) is 4.38. The maximum Gasteiger partial charge on any atom is 0.311 e. The number of amides is 1. The first-order valence-electron chi connectivity index (χ1n) is 6.23. The highest BCUT2D eigenvalue weighted by atomic mass is 16.6. The number of methoxy groups -OCH3 is 1. The second-order valence-corrected chi connectivity index (χ2v) is 4.38. The third kappa shape index (κ3) is 4.20. The molecule has 0 aliphatic heterocycles. The van der Waals surface area contributed by atoms with Gasteiger partial charge in [-0.05, 0) is 31.9 Å². The molecule has 7 heteroatoms. The number of nitro groups is 1. The molecule has 7 nitrogen and oxygen atoms in total. The zero-order valence-corrected chi connectivity index (χ0v) is 11.5. The van der Waals surface area contributed by atoms with Gasteiger partial charge >= 0.3 is 5.69 Å². The fraction of sp³-hybridized carbons (Fsp3) is 0.462. The Bertz CT molecular complexity index is 490. The van der Waals surface area contributed by atoms with Gasteiger partial charge in [0.1, 0.15) is 0 Å². The average molecular weight is 282 g/mol. The molecule has 0 spiro atoms. The van der Waals surface area contributed by atoms with Crippen LogP contribution in [0.1, 0.15) is 30.1 Å². The lowest BCUT2D eigenvalue weighted by Gasteiger charge is -2.13. The lowest BCUT2D eigenvalue weighted by atomic mass is 10.1. The second kappa shape index (κ2) is 7.44. The minimum absolute atomic E-state index is 0.0637. The smallest absolute Gasteiger partial charge is 0.311 e. The van der Waals surface area contributed by atoms with Gasteiger partial charge in [0.25, 0.3) is 5.91 Å². The number of carbonyl (C=O) groups excluding carboxylic acids is 1. The summed E-state index contributed by atoms with van der Waals surface area (Å²) in [6.07, 6.45) is 1.23. The number of aliphatic hydroxyl groups excluding tert-OH is 1. The molecule has 0 saturated heterocycles. The van der Waals surface area contributed by atoms with Crippen LogP contribution in [0.15, 0.2) is 18.2 Å². The fourth-order valence-electron chi connectivity index (χ4n) is 1.75. The fourth-order valence-corrected chi connectivity index (χ4v) is 1.75. The topological polar surface area (TPSA) is 102 Å². The van der Waals surface area contributed by atoms with Gasteiger partial charge in [-0.25, -0.2) is 0 Å². The zero-order chi connectivity index (χ0) is 15.1. The van der Waals surface area contributed by atoms with E-state index in [2.05, 4.69) is 5.32 Å². The van der Waals surface area contributed by atoms with Crippen molar-refractivity contribution >= 4 is 11.6 Å². The van der Waals surface area contributed by atoms with Crippen molar-refractivity contribution in [2.24, 2.45) is 0 Å². The number of nitro benzene ring substituents is 1. The molecule has 0 bridgehead atoms. The van der Waals surface area contributed by atoms with Crippen molar-refractivity contribution in [2.45, 2.75) is 25.8 Å². The highest BCUT2D eigenvalue weighted by Crippen LogP contribution is 2.27. The molecule has 0 heterocycles. The molecule has 1 aromatic carbocycles. The van der Waals surface area contributed by atoms with Crippen LogP contribution in [0, 0.1) is 10.1 Å². The molecule has 1 rings (SSSR count). The van der Waals surface area contributed by atoms with Gasteiger partial charge in [-0.2, -0.15) is 0 Å². The standard InChI is InChI=1S/C13H18N2O5/c1-9(4-3-7-16)14-13(17)10-5-6-12(20-2)11(8-10)15(18)19/h5-6,8-9,16H,3-4,7H2,1-2H3,(H,14,17). The van der Waals surface area contributed by atoms with Crippen molar-refractivity contribution in [3.05, 3.63) is 33.9 Å². The number of nitrogens with zero attached hydrogens (tertiary/aromatic N) is 1. The Morgan fingerprint density at radius 2 is 2.25 bits per heavy atom. The van der Waals surface area contributed by atoms with Gasteiger partial charge < -0.3 is 15.2 Å². The summed E-state index contributed by atoms with van der Waals surface area (Å²) < 4.78 is 4.87. The number of rotatable bonds is 7. The molecule has 1 aromatic rings. The molecular weight excluding hydrogens is 264 g/mol. The van der Waals surface area contributed by atoms with Crippen LogP contribution in [-0.2, 0) is 0 Å². The number of carbonyl (C=O) groups is 1. The van der Waals surface area contributed by atoms with Gasteiger partial charge in [-0.3, -0.25) is 14.9 Å². The van der Waals surface area contributed by atoms with E-state index in [-0.39, 0.29) is 35.6 Å². The van der Waals surface area contributed by atoms with Crippen molar-refractivity contribution in [3.8, 4) is 5.75 Å². The Morgan fingerprint density at radius 3 is 2.80 bits per heavy atom. The third-order valence-corrected chi connectivity index (χ3v) is 2.81. The average Bonchev–Trinajstić information content (AvgIpc) is 2.44. The summed E-state index contributed by atoms with van der Waals surface area (Å²) in [6, 6.07) is 3.94. The van der Waals surface area contributed by atoms with Crippen molar-refractivity contribution in [1.29, 1.82) is 0 Å². The Kier molecular flexibility index (Phi) is 5.92. The van der Waals surface area contributed by atoms with E-state index >= 15 is 0 Å². The van der Waals surface area contributed by atoms with E-state index in [0.717, 1.165) is 0 Å². The van der Waals surface area contributed by atoms with E-state index in [1.807, 2.05) is 6.92 Å². The van der Waals surface area contributed by atoms with Gasteiger partial charge in [-0.15, -0.1) is 0 Å². The molecule has 110 valence electrons. The van der Waals surface area contributed by atoms with Gasteiger partial charge in [-0.1, -0.05) is 0 Å². The predicted molar refractivity (Wildman–Crippen MR) is 72.9 cm³/mol. The lowest BCUT2D eigenvalue weighted by molar-refractivity contribution is -0.385. The summed E-state index contributed by atoms with van der Waals surface area (Å²) in [6.45, 7) is 1.87. The lowest BCUT2D eigenvalue weighted by Crippen LogP contribution is -2.32. The van der Waals surface area contributed by atoms with Crippen molar-refractivity contribution in [1.82, 2.24) is 5.32 Å². The maximum absolute atomic E-state index is 12.0. The van der Waals surface area contributed by atoms with E-state index < -0.39 is 4.92 Å². The largest absolute Gasteiger partial charge is 0.490 e. The minimum Gasteiger partial charge on any atom is -0.490 e. The number of hydrogen-bond donors (Lipinski definition) is 2. The molecular formula is C13H18N2O5. The number of benzene rings is 1. The van der Waals surface area contributed by atoms with Crippen molar-refractivity contribution < 1.29 is 19.6 Å². The van der Waals surface area contributed by atoms with Crippen LogP contribution in [0.4, 0.5) is 5.69 Å². The Labute approximate surface area is 116 Å². The Hall–Kier alpha value is -2.15. The summed E-state index contributed by atoms with van der Waals surface area (Å²) in [5, 5.41) is 22.3. The molecule has 0 saturated carbocycles. The number of hydrogen-bond acceptors (Lipinski definition) is 5. The van der Waals surface area contributed by atoms with Crippen LogP contribution in [0.3, 0.4) is 0 Å². The molecule has 0 aromatic heterocycles. The van der Waals surface area contributed by atoms with Gasteiger partial charge in [0, 0.05) is 24.3 Å². The summed E-state index contributed by atoms with van der Waals surface area (Å²) in [5.41, 5.74) is -0.0449. The number of nitrogens with one attached hydrogen (secondary N) is 1. The number of ether oxygens (including phenoxy) is 1. The maximum atomic E-state index is 12.0. The van der Waals surface area contributed by atoms with Crippen LogP contribution >= 0.6 is 0 Å². The van der Waals surface area contributed by atoms with Crippen LogP contribution in [0.5, 0.6) is 5.75 Å². The molecule has 2 N–H and O–H groups in total. The van der Waals surface area contributed by atoms with E-state index in [1.165, 1.54) is 25.3 Å². The first-order chi connectivity index (χ1) is 9.49. The van der Waals surface area contributed by atoms with Crippen LogP contribution < -0.4 is 10.1 Å². The molecule has 1 atom stereocenters. The van der Waals surface area contributed by atoms with Gasteiger partial charge in [0.05, 0.1) is 12.0 Å². The molecule has 0 fully saturated rings. The molecule has 1 amide bonds. The van der Waals surface area contributed by atoms with Crippen molar-refractivity contribution in [2.75, 3.05) is 13.7 Å². The summed E-state index contributed by atoms with van der Waals surface area (Å²) in [5.74, 6) is -0.277. The molecule has 1 unspecified atom stereocenters. The van der Waals surface area contributed by atoms with E-state index in [1.54, 1.807) is 0 Å². The van der Waals surface area contributed by atoms with E-state index in [9.17, 15) is 14.9 Å². The predicted octanol–water partition coefficient (Wildman–Crippen LogP) is 1.49. The quantitative estimate of drug-likeness (QED) is 0.582. The molecule has 0 aliphatic rings. The summed E-state index contributed by atoms with van der Waals surface area (Å²) in [4.78, 5) is 22.2. The highest BCUT2D eigenvalue weighted by molar-refractivity contribution is 5.95. The molecule has 20 heavy (non-hydrogen) atoms. The van der Waals surface area contributed by atoms with Crippen LogP contribution in [0.25, 0.3) is 0 Å². The van der Waals surface area contributed by atoms with Crippen LogP contribution in [-0.4, -0.2) is 35.7 Å². The summed E-state index contributed by atoms with van der Waals surface area (Å²) in [7, 11) is 1.33. The van der Waals surface area contributed by atoms with Gasteiger partial charge in [0.2, 0.25) is 0 Å². The number of aliphatic hydroxyl groups is 1. The molecule has 0 aliphatic carbocycles. The molecule has 0 radical (unpaired) electrons. The SMILES string of the molecule is COc1ccc(C(=O)NC(C)CCCO)cc1[N+](=O)[O-]. The monoisotopic (exact) mass is 282 g/mol. The normalized spacial score (nSPS) is 11.8. The van der Waals surface area contributed by atoms with Crippen molar-refractivity contribution in [3.63, 3.8) is 0 Å². The van der Waals surface area contributed by atoms with Gasteiger partial charge in [0.15, 0.2) is 5.75 Å². The van der Waals surface area contributed by atoms with Crippen LogP contribution in [0.2, 0.25) is 0 Å². The van der Waals surface area contributed by atoms with E-state index in [0.29, 0.717) is 12.8 Å². The highest BCUT2D eigenvalue weighted by Gasteiger charge is 2.18. The first kappa shape index (κ1) is 15.9. The minimum atomic E-state index is -0.592. The first-order valence-corrected chi connectivity index (χ1v) is 6.23.